The van der Waals surface area contributed by atoms with E-state index in [0.717, 1.165) is 46.4 Å². The van der Waals surface area contributed by atoms with E-state index in [2.05, 4.69) is 94.9 Å². The van der Waals surface area contributed by atoms with Crippen LogP contribution in [0.25, 0.3) is 21.5 Å². The van der Waals surface area contributed by atoms with Gasteiger partial charge in [0, 0.05) is 45.4 Å². The molecule has 4 N–H and O–H groups in total. The van der Waals surface area contributed by atoms with Crippen LogP contribution in [0.3, 0.4) is 0 Å². The largest absolute Gasteiger partial charge is 0.392 e. The van der Waals surface area contributed by atoms with Gasteiger partial charge in [-0.1, -0.05) is 36.4 Å². The summed E-state index contributed by atoms with van der Waals surface area (Å²) in [4.78, 5) is 4.76. The van der Waals surface area contributed by atoms with Gasteiger partial charge in [-0.3, -0.25) is 0 Å². The summed E-state index contributed by atoms with van der Waals surface area (Å²) in [6.07, 6.45) is -1.31. The van der Waals surface area contributed by atoms with Crippen LogP contribution < -0.4 is 20.4 Å². The molecule has 9 rings (SSSR count). The van der Waals surface area contributed by atoms with Crippen LogP contribution in [0.1, 0.15) is 36.8 Å². The standard InChI is InChI=1S/C30H28N4O2/c1-29-13-33(29)21-7-3-5-15-17(9-11-19(31-29)23(15)21)25-27(35)26(28(25)36)18-10-12-20-24-16(18)6-4-8-22(24)34-14-30(34,2)32-20/h3-12,25-28,31-32,35-36H,13-14H2,1-2H3. The molecule has 6 heteroatoms. The SMILES string of the molecule is CC12CN1c1cccc3c(C4C(O)C(c5ccc6c7c(cccc57)N5CC5(C)N6)C4O)ccc(c13)N2. The minimum atomic E-state index is -0.653. The highest BCUT2D eigenvalue weighted by Gasteiger charge is 2.55. The van der Waals surface area contributed by atoms with Crippen LogP contribution in [-0.2, 0) is 0 Å². The lowest BCUT2D eigenvalue weighted by Crippen LogP contribution is -2.51. The van der Waals surface area contributed by atoms with Crippen molar-refractivity contribution in [2.45, 2.75) is 49.2 Å². The number of rotatable bonds is 2. The number of anilines is 4. The second-order valence-electron chi connectivity index (χ2n) is 11.8. The Balaban J connectivity index is 1.14. The first kappa shape index (κ1) is 19.7. The first-order chi connectivity index (χ1) is 17.4. The molecule has 0 radical (unpaired) electrons. The van der Waals surface area contributed by atoms with Crippen LogP contribution >= 0.6 is 0 Å². The minimum absolute atomic E-state index is 0.00137. The third-order valence-electron chi connectivity index (χ3n) is 9.60. The Kier molecular flexibility index (Phi) is 3.23. The van der Waals surface area contributed by atoms with Gasteiger partial charge in [-0.05, 0) is 60.0 Å². The molecule has 4 aromatic carbocycles. The van der Waals surface area contributed by atoms with Crippen LogP contribution in [-0.4, -0.2) is 46.8 Å². The van der Waals surface area contributed by atoms with Crippen molar-refractivity contribution in [3.8, 4) is 0 Å². The molecule has 2 saturated heterocycles. The van der Waals surface area contributed by atoms with E-state index in [4.69, 9.17) is 0 Å². The summed E-state index contributed by atoms with van der Waals surface area (Å²) in [7, 11) is 0. The van der Waals surface area contributed by atoms with E-state index in [9.17, 15) is 10.2 Å². The summed E-state index contributed by atoms with van der Waals surface area (Å²) in [5.41, 5.74) is 6.82. The van der Waals surface area contributed by atoms with Gasteiger partial charge in [-0.2, -0.15) is 0 Å². The van der Waals surface area contributed by atoms with E-state index in [0.29, 0.717) is 0 Å². The van der Waals surface area contributed by atoms with Gasteiger partial charge in [-0.25, -0.2) is 0 Å². The molecule has 1 saturated carbocycles. The Bertz CT molecular complexity index is 1540. The van der Waals surface area contributed by atoms with Crippen molar-refractivity contribution < 1.29 is 10.2 Å². The zero-order chi connectivity index (χ0) is 24.1. The zero-order valence-electron chi connectivity index (χ0n) is 20.3. The molecular weight excluding hydrogens is 448 g/mol. The third kappa shape index (κ3) is 2.18. The lowest BCUT2D eigenvalue weighted by Gasteiger charge is -2.48. The maximum absolute atomic E-state index is 11.6. The van der Waals surface area contributed by atoms with Gasteiger partial charge in [-0.15, -0.1) is 0 Å². The highest BCUT2D eigenvalue weighted by atomic mass is 16.3. The molecule has 0 spiro atoms. The average Bonchev–Trinajstić information content (AvgIpc) is 3.76. The van der Waals surface area contributed by atoms with Crippen molar-refractivity contribution in [3.63, 3.8) is 0 Å². The van der Waals surface area contributed by atoms with Crippen molar-refractivity contribution in [1.82, 2.24) is 0 Å². The van der Waals surface area contributed by atoms with Crippen LogP contribution in [0, 0.1) is 0 Å². The molecule has 5 aliphatic rings. The van der Waals surface area contributed by atoms with Gasteiger partial charge >= 0.3 is 0 Å². The first-order valence-corrected chi connectivity index (χ1v) is 13.0. The Morgan fingerprint density at radius 1 is 0.667 bits per heavy atom. The van der Waals surface area contributed by atoms with Gasteiger partial charge in [0.2, 0.25) is 0 Å². The molecule has 180 valence electrons. The summed E-state index contributed by atoms with van der Waals surface area (Å²) in [6.45, 7) is 6.43. The second kappa shape index (κ2) is 5.90. The van der Waals surface area contributed by atoms with E-state index in [1.54, 1.807) is 0 Å². The maximum Gasteiger partial charge on any atom is 0.126 e. The monoisotopic (exact) mass is 476 g/mol. The molecule has 2 atom stereocenters. The summed E-state index contributed by atoms with van der Waals surface area (Å²) in [5.74, 6) is -0.637. The molecule has 0 aromatic heterocycles. The topological polar surface area (TPSA) is 70.5 Å². The van der Waals surface area contributed by atoms with Crippen molar-refractivity contribution in [1.29, 1.82) is 0 Å². The third-order valence-corrected chi connectivity index (χ3v) is 9.60. The number of nitrogens with one attached hydrogen (secondary N) is 2. The zero-order valence-corrected chi connectivity index (χ0v) is 20.3. The van der Waals surface area contributed by atoms with Crippen molar-refractivity contribution in [2.24, 2.45) is 0 Å². The molecule has 3 fully saturated rings. The number of nitrogens with zero attached hydrogens (tertiary/aromatic N) is 2. The number of hydrogen-bond donors (Lipinski definition) is 4. The number of fused-ring (bicyclic) bond motifs is 4. The summed E-state index contributed by atoms with van der Waals surface area (Å²) in [5, 5.41) is 35.1. The lowest BCUT2D eigenvalue weighted by molar-refractivity contribution is -0.0775. The Labute approximate surface area is 209 Å². The van der Waals surface area contributed by atoms with E-state index >= 15 is 0 Å². The summed E-state index contributed by atoms with van der Waals surface area (Å²) in [6, 6.07) is 21.3. The Morgan fingerprint density at radius 2 is 1.11 bits per heavy atom. The molecule has 4 aliphatic heterocycles. The molecule has 0 amide bonds. The predicted molar refractivity (Wildman–Crippen MR) is 144 cm³/mol. The van der Waals surface area contributed by atoms with E-state index in [-0.39, 0.29) is 23.2 Å². The second-order valence-corrected chi connectivity index (χ2v) is 11.8. The fourth-order valence-electron chi connectivity index (χ4n) is 7.54. The number of hydrogen-bond acceptors (Lipinski definition) is 6. The maximum atomic E-state index is 11.6. The predicted octanol–water partition coefficient (Wildman–Crippen LogP) is 4.52. The summed E-state index contributed by atoms with van der Waals surface area (Å²) >= 11 is 0. The van der Waals surface area contributed by atoms with Crippen molar-refractivity contribution in [3.05, 3.63) is 71.8 Å². The summed E-state index contributed by atoms with van der Waals surface area (Å²) < 4.78 is 0. The molecule has 1 aliphatic carbocycles. The van der Waals surface area contributed by atoms with Crippen LogP contribution in [0.2, 0.25) is 0 Å². The molecule has 6 nitrogen and oxygen atoms in total. The molecule has 36 heavy (non-hydrogen) atoms. The van der Waals surface area contributed by atoms with Gasteiger partial charge in [0.05, 0.1) is 25.3 Å². The minimum Gasteiger partial charge on any atom is -0.392 e. The molecule has 2 unspecified atom stereocenters. The van der Waals surface area contributed by atoms with Crippen molar-refractivity contribution in [2.75, 3.05) is 33.5 Å². The fraction of sp³-hybridized carbons (Fsp3) is 0.333. The quantitative estimate of drug-likeness (QED) is 0.319. The van der Waals surface area contributed by atoms with E-state index in [1.807, 2.05) is 0 Å². The van der Waals surface area contributed by atoms with E-state index in [1.165, 1.54) is 22.1 Å². The van der Waals surface area contributed by atoms with Gasteiger partial charge in [0.25, 0.3) is 0 Å². The molecule has 4 aromatic rings. The Morgan fingerprint density at radius 3 is 1.56 bits per heavy atom. The number of aliphatic hydroxyl groups excluding tert-OH is 2. The Hall–Kier alpha value is -3.48. The van der Waals surface area contributed by atoms with Crippen LogP contribution in [0.4, 0.5) is 22.7 Å². The number of benzene rings is 4. The molecular formula is C30H28N4O2. The highest BCUT2D eigenvalue weighted by Crippen LogP contribution is 2.56. The first-order valence-electron chi connectivity index (χ1n) is 13.0. The van der Waals surface area contributed by atoms with Crippen LogP contribution in [0.5, 0.6) is 0 Å². The fourth-order valence-corrected chi connectivity index (χ4v) is 7.54. The number of aliphatic hydroxyl groups is 2. The average molecular weight is 477 g/mol. The lowest BCUT2D eigenvalue weighted by atomic mass is 9.62. The molecule has 0 bridgehead atoms. The van der Waals surface area contributed by atoms with Gasteiger partial charge < -0.3 is 30.6 Å². The molecule has 4 heterocycles. The normalized spacial score (nSPS) is 34.4. The van der Waals surface area contributed by atoms with E-state index < -0.39 is 12.2 Å². The van der Waals surface area contributed by atoms with Gasteiger partial charge in [0.15, 0.2) is 0 Å². The van der Waals surface area contributed by atoms with Crippen LogP contribution in [0.15, 0.2) is 60.7 Å². The van der Waals surface area contributed by atoms with Gasteiger partial charge in [0.1, 0.15) is 11.3 Å². The highest BCUT2D eigenvalue weighted by molar-refractivity contribution is 6.10. The van der Waals surface area contributed by atoms with Crippen molar-refractivity contribution >= 4 is 44.3 Å². The smallest absolute Gasteiger partial charge is 0.126 e.